The summed E-state index contributed by atoms with van der Waals surface area (Å²) in [6, 6.07) is 31.6. The van der Waals surface area contributed by atoms with Crippen LogP contribution in [0, 0.1) is 0 Å². The molecular formula is C44H34N2O6. The van der Waals surface area contributed by atoms with Gasteiger partial charge in [0.05, 0.1) is 5.54 Å². The van der Waals surface area contributed by atoms with Crippen LogP contribution in [0.3, 0.4) is 0 Å². The molecule has 1 atom stereocenters. The maximum Gasteiger partial charge on any atom is 0.262 e. The number of amides is 4. The summed E-state index contributed by atoms with van der Waals surface area (Å²) in [6.45, 7) is 7.16. The second-order valence-corrected chi connectivity index (χ2v) is 14.2. The number of imide groups is 2. The SMILES string of the molecule is CC(C)(C)N1C(=O)c2ccc3c4c(ccc(c24)C1=O)C(=O)N(C1(C)C=CC=C(Oc2ccc(-c4ccc(Oc5ccccc5)cc4)cc2)C=C1)C3=O. The van der Waals surface area contributed by atoms with E-state index < -0.39 is 34.7 Å². The van der Waals surface area contributed by atoms with Crippen molar-refractivity contribution in [1.29, 1.82) is 0 Å². The summed E-state index contributed by atoms with van der Waals surface area (Å²) < 4.78 is 12.1. The Hall–Kier alpha value is -6.54. The predicted molar refractivity (Wildman–Crippen MR) is 198 cm³/mol. The van der Waals surface area contributed by atoms with Crippen molar-refractivity contribution in [3.63, 3.8) is 0 Å². The first kappa shape index (κ1) is 32.7. The third-order valence-electron chi connectivity index (χ3n) is 9.58. The van der Waals surface area contributed by atoms with Crippen molar-refractivity contribution < 1.29 is 28.7 Å². The minimum atomic E-state index is -1.15. The predicted octanol–water partition coefficient (Wildman–Crippen LogP) is 9.14. The molecular weight excluding hydrogens is 652 g/mol. The maximum atomic E-state index is 14.2. The largest absolute Gasteiger partial charge is 0.457 e. The third-order valence-corrected chi connectivity index (χ3v) is 9.58. The molecule has 0 saturated heterocycles. The van der Waals surface area contributed by atoms with Crippen molar-refractivity contribution in [2.75, 3.05) is 0 Å². The molecule has 5 aromatic rings. The van der Waals surface area contributed by atoms with E-state index in [0.29, 0.717) is 33.4 Å². The number of carbonyl (C=O) groups excluding carboxylic acids is 4. The average molecular weight is 687 g/mol. The van der Waals surface area contributed by atoms with Gasteiger partial charge in [-0.1, -0.05) is 60.7 Å². The summed E-state index contributed by atoms with van der Waals surface area (Å²) in [6.07, 6.45) is 8.81. The van der Waals surface area contributed by atoms with Crippen molar-refractivity contribution in [3.8, 4) is 28.4 Å². The van der Waals surface area contributed by atoms with Gasteiger partial charge in [0.2, 0.25) is 0 Å². The molecule has 0 spiro atoms. The van der Waals surface area contributed by atoms with E-state index in [2.05, 4.69) is 0 Å². The minimum absolute atomic E-state index is 0.259. The first-order valence-electron chi connectivity index (χ1n) is 17.0. The molecule has 4 amide bonds. The fourth-order valence-electron chi connectivity index (χ4n) is 7.03. The monoisotopic (exact) mass is 686 g/mol. The smallest absolute Gasteiger partial charge is 0.262 e. The minimum Gasteiger partial charge on any atom is -0.457 e. The highest BCUT2D eigenvalue weighted by molar-refractivity contribution is 6.33. The lowest BCUT2D eigenvalue weighted by atomic mass is 9.83. The molecule has 3 aliphatic rings. The van der Waals surface area contributed by atoms with Crippen molar-refractivity contribution in [2.45, 2.75) is 38.8 Å². The Labute approximate surface area is 300 Å². The number of benzene rings is 5. The van der Waals surface area contributed by atoms with Crippen LogP contribution in [-0.2, 0) is 0 Å². The Morgan fingerprint density at radius 2 is 1.00 bits per heavy atom. The van der Waals surface area contributed by atoms with E-state index in [0.717, 1.165) is 22.6 Å². The summed E-state index contributed by atoms with van der Waals surface area (Å²) in [7, 11) is 0. The van der Waals surface area contributed by atoms with Gasteiger partial charge in [0, 0.05) is 38.6 Å². The molecule has 8 heteroatoms. The Morgan fingerprint density at radius 1 is 0.538 bits per heavy atom. The van der Waals surface area contributed by atoms with Crippen molar-refractivity contribution in [3.05, 3.63) is 162 Å². The zero-order chi connectivity index (χ0) is 36.4. The van der Waals surface area contributed by atoms with Crippen LogP contribution in [0.2, 0.25) is 0 Å². The summed E-state index contributed by atoms with van der Waals surface area (Å²) in [5.41, 5.74) is 1.25. The van der Waals surface area contributed by atoms with Gasteiger partial charge in [-0.3, -0.25) is 29.0 Å². The van der Waals surface area contributed by atoms with Crippen LogP contribution in [0.25, 0.3) is 21.9 Å². The van der Waals surface area contributed by atoms with E-state index in [4.69, 9.17) is 9.47 Å². The summed E-state index contributed by atoms with van der Waals surface area (Å²) >= 11 is 0. The highest BCUT2D eigenvalue weighted by atomic mass is 16.5. The van der Waals surface area contributed by atoms with Gasteiger partial charge < -0.3 is 9.47 Å². The van der Waals surface area contributed by atoms with Gasteiger partial charge >= 0.3 is 0 Å². The molecule has 0 radical (unpaired) electrons. The lowest BCUT2D eigenvalue weighted by Gasteiger charge is -2.40. The second kappa shape index (κ2) is 12.1. The zero-order valence-corrected chi connectivity index (χ0v) is 29.0. The van der Waals surface area contributed by atoms with Crippen LogP contribution in [0.4, 0.5) is 0 Å². The van der Waals surface area contributed by atoms with Gasteiger partial charge in [0.25, 0.3) is 23.6 Å². The molecule has 52 heavy (non-hydrogen) atoms. The highest BCUT2D eigenvalue weighted by Crippen LogP contribution is 2.41. The molecule has 2 aliphatic heterocycles. The average Bonchev–Trinajstić information content (AvgIpc) is 3.31. The summed E-state index contributed by atoms with van der Waals surface area (Å²) in [5, 5.41) is 0.685. The van der Waals surface area contributed by atoms with Crippen LogP contribution >= 0.6 is 0 Å². The van der Waals surface area contributed by atoms with E-state index in [1.165, 1.54) is 9.80 Å². The molecule has 1 aliphatic carbocycles. The maximum absolute atomic E-state index is 14.2. The fourth-order valence-corrected chi connectivity index (χ4v) is 7.03. The Morgan fingerprint density at radius 3 is 1.50 bits per heavy atom. The molecule has 8 nitrogen and oxygen atoms in total. The highest BCUT2D eigenvalue weighted by Gasteiger charge is 2.46. The van der Waals surface area contributed by atoms with E-state index in [9.17, 15) is 19.2 Å². The molecule has 2 heterocycles. The molecule has 0 bridgehead atoms. The quantitative estimate of drug-likeness (QED) is 0.166. The number of rotatable bonds is 6. The van der Waals surface area contributed by atoms with Crippen LogP contribution in [0.1, 0.15) is 69.1 Å². The first-order chi connectivity index (χ1) is 24.9. The molecule has 0 fully saturated rings. The number of para-hydroxylation sites is 1. The lowest BCUT2D eigenvalue weighted by Crippen LogP contribution is -2.53. The Bertz CT molecular complexity index is 2350. The van der Waals surface area contributed by atoms with Gasteiger partial charge in [-0.25, -0.2) is 0 Å². The number of carbonyl (C=O) groups is 4. The normalized spacial score (nSPS) is 18.1. The van der Waals surface area contributed by atoms with Crippen LogP contribution < -0.4 is 9.47 Å². The molecule has 0 saturated carbocycles. The van der Waals surface area contributed by atoms with Crippen LogP contribution in [-0.4, -0.2) is 44.5 Å². The number of allylic oxidation sites excluding steroid dienone is 3. The van der Waals surface area contributed by atoms with E-state index in [1.807, 2.05) is 78.9 Å². The van der Waals surface area contributed by atoms with Gasteiger partial charge in [0.1, 0.15) is 23.0 Å². The number of ether oxygens (including phenoxy) is 2. The zero-order valence-electron chi connectivity index (χ0n) is 29.0. The van der Waals surface area contributed by atoms with Gasteiger partial charge in [-0.05, 0) is 112 Å². The first-order valence-corrected chi connectivity index (χ1v) is 17.0. The topological polar surface area (TPSA) is 93.2 Å². The van der Waals surface area contributed by atoms with E-state index in [-0.39, 0.29) is 11.1 Å². The number of nitrogens with zero attached hydrogens (tertiary/aromatic N) is 2. The molecule has 8 rings (SSSR count). The lowest BCUT2D eigenvalue weighted by molar-refractivity contribution is 0.0452. The molecule has 1 unspecified atom stereocenters. The van der Waals surface area contributed by atoms with Gasteiger partial charge in [-0.2, -0.15) is 0 Å². The van der Waals surface area contributed by atoms with Crippen LogP contribution in [0.15, 0.2) is 139 Å². The van der Waals surface area contributed by atoms with Crippen molar-refractivity contribution in [2.24, 2.45) is 0 Å². The molecule has 256 valence electrons. The van der Waals surface area contributed by atoms with E-state index >= 15 is 0 Å². The van der Waals surface area contributed by atoms with E-state index in [1.54, 1.807) is 82.3 Å². The molecule has 0 N–H and O–H groups in total. The fraction of sp³-hybridized carbons (Fsp3) is 0.136. The number of hydrogen-bond acceptors (Lipinski definition) is 6. The van der Waals surface area contributed by atoms with Crippen molar-refractivity contribution in [1.82, 2.24) is 9.80 Å². The standard InChI is InChI=1S/C44H34N2O6/c1-43(2,3)45-39(47)33-20-22-35-38-36(23-21-34(37(33)38)40(45)48)42(50)46(41(35)49)44(4)25-8-11-30(24-26-44)52-32-18-14-28(15-19-32)27-12-16-31(17-13-27)51-29-9-6-5-7-10-29/h5-26H,1-4H3. The molecule has 0 aromatic heterocycles. The Balaban J connectivity index is 1.01. The molecule has 5 aromatic carbocycles. The van der Waals surface area contributed by atoms with Gasteiger partial charge in [0.15, 0.2) is 0 Å². The summed E-state index contributed by atoms with van der Waals surface area (Å²) in [5.74, 6) is 0.731. The second-order valence-electron chi connectivity index (χ2n) is 14.2. The summed E-state index contributed by atoms with van der Waals surface area (Å²) in [4.78, 5) is 57.9. The Kier molecular flexibility index (Phi) is 7.57. The van der Waals surface area contributed by atoms with Crippen LogP contribution in [0.5, 0.6) is 17.2 Å². The number of hydrogen-bond donors (Lipinski definition) is 0. The van der Waals surface area contributed by atoms with Crippen molar-refractivity contribution >= 4 is 34.4 Å². The third kappa shape index (κ3) is 5.40. The van der Waals surface area contributed by atoms with Gasteiger partial charge in [-0.15, -0.1) is 0 Å².